The van der Waals surface area contributed by atoms with E-state index in [0.717, 1.165) is 0 Å². The Labute approximate surface area is 134 Å². The van der Waals surface area contributed by atoms with Gasteiger partial charge < -0.3 is 5.32 Å². The zero-order valence-corrected chi connectivity index (χ0v) is 13.5. The van der Waals surface area contributed by atoms with E-state index in [0.29, 0.717) is 15.9 Å². The number of aromatic nitrogens is 2. The molecular weight excluding hydrogens is 361 g/mol. The lowest BCUT2D eigenvalue weighted by atomic mass is 10.2. The fourth-order valence-corrected chi connectivity index (χ4v) is 2.27. The van der Waals surface area contributed by atoms with Gasteiger partial charge in [-0.3, -0.25) is 4.79 Å². The summed E-state index contributed by atoms with van der Waals surface area (Å²) in [7, 11) is 0. The minimum atomic E-state index is -0.354. The summed E-state index contributed by atoms with van der Waals surface area (Å²) in [6.45, 7) is 5.61. The smallest absolute Gasteiger partial charge is 0.256 e. The minimum absolute atomic E-state index is 0.178. The zero-order chi connectivity index (χ0) is 15.6. The Bertz CT molecular complexity index is 697. The largest absolute Gasteiger partial charge is 0.347 e. The van der Waals surface area contributed by atoms with E-state index in [4.69, 9.17) is 11.6 Å². The third-order valence-corrected chi connectivity index (χ3v) is 3.37. The minimum Gasteiger partial charge on any atom is -0.347 e. The van der Waals surface area contributed by atoms with E-state index in [2.05, 4.69) is 32.9 Å². The van der Waals surface area contributed by atoms with Crippen LogP contribution in [-0.4, -0.2) is 22.2 Å². The molecule has 1 heterocycles. The van der Waals surface area contributed by atoms with Crippen molar-refractivity contribution >= 4 is 33.4 Å². The summed E-state index contributed by atoms with van der Waals surface area (Å²) < 4.78 is 15.0. The first-order valence-electron chi connectivity index (χ1n) is 6.02. The van der Waals surface area contributed by atoms with E-state index in [1.54, 1.807) is 6.92 Å². The summed E-state index contributed by atoms with van der Waals surface area (Å²) in [5, 5.41) is 7.07. The molecule has 21 heavy (non-hydrogen) atoms. The van der Waals surface area contributed by atoms with Crippen molar-refractivity contribution in [1.29, 1.82) is 0 Å². The zero-order valence-electron chi connectivity index (χ0n) is 11.2. The number of rotatable bonds is 4. The van der Waals surface area contributed by atoms with Crippen LogP contribution in [0.15, 0.2) is 35.3 Å². The van der Waals surface area contributed by atoms with Crippen LogP contribution in [0.4, 0.5) is 4.39 Å². The van der Waals surface area contributed by atoms with Crippen LogP contribution in [-0.2, 0) is 0 Å². The van der Waals surface area contributed by atoms with Gasteiger partial charge in [-0.25, -0.2) is 9.07 Å². The van der Waals surface area contributed by atoms with Gasteiger partial charge in [0.25, 0.3) is 5.91 Å². The van der Waals surface area contributed by atoms with Crippen LogP contribution < -0.4 is 5.32 Å². The van der Waals surface area contributed by atoms with Crippen molar-refractivity contribution in [3.8, 4) is 5.69 Å². The fraction of sp³-hybridized carbons (Fsp3) is 0.143. The van der Waals surface area contributed by atoms with Crippen molar-refractivity contribution in [3.05, 3.63) is 57.6 Å². The van der Waals surface area contributed by atoms with Gasteiger partial charge in [0.2, 0.25) is 0 Å². The maximum atomic E-state index is 13.0. The average molecular weight is 373 g/mol. The molecule has 0 radical (unpaired) electrons. The number of carbonyl (C=O) groups excluding carboxylic acids is 1. The van der Waals surface area contributed by atoms with Crippen molar-refractivity contribution in [3.63, 3.8) is 0 Å². The summed E-state index contributed by atoms with van der Waals surface area (Å²) in [6, 6.07) is 5.68. The highest BCUT2D eigenvalue weighted by Crippen LogP contribution is 2.23. The predicted octanol–water partition coefficient (Wildman–Crippen LogP) is 3.61. The predicted molar refractivity (Wildman–Crippen MR) is 83.7 cm³/mol. The van der Waals surface area contributed by atoms with Crippen LogP contribution in [0, 0.1) is 12.7 Å². The Kier molecular flexibility index (Phi) is 4.80. The number of hydrogen-bond acceptors (Lipinski definition) is 2. The number of carbonyl (C=O) groups is 1. The van der Waals surface area contributed by atoms with E-state index >= 15 is 0 Å². The van der Waals surface area contributed by atoms with E-state index in [1.807, 2.05) is 0 Å². The molecule has 0 saturated heterocycles. The van der Waals surface area contributed by atoms with Gasteiger partial charge in [0.1, 0.15) is 11.0 Å². The van der Waals surface area contributed by atoms with Crippen LogP contribution in [0.25, 0.3) is 5.69 Å². The van der Waals surface area contributed by atoms with Crippen LogP contribution in [0.1, 0.15) is 16.1 Å². The number of nitrogens with zero attached hydrogens (tertiary/aromatic N) is 2. The molecule has 0 aliphatic rings. The van der Waals surface area contributed by atoms with Crippen LogP contribution >= 0.6 is 27.5 Å². The van der Waals surface area contributed by atoms with Crippen LogP contribution in [0.2, 0.25) is 5.15 Å². The number of aryl methyl sites for hydroxylation is 1. The number of halogens is 3. The molecule has 0 unspecified atom stereocenters. The van der Waals surface area contributed by atoms with Gasteiger partial charge in [-0.05, 0) is 31.2 Å². The number of benzene rings is 1. The first-order valence-corrected chi connectivity index (χ1v) is 7.19. The number of hydrogen-bond donors (Lipinski definition) is 1. The van der Waals surface area contributed by atoms with E-state index < -0.39 is 0 Å². The quantitative estimate of drug-likeness (QED) is 0.891. The SMILES string of the molecule is C=C(Br)CNC(=O)c1c(C)nn(-c2ccc(F)cc2)c1Cl. The van der Waals surface area contributed by atoms with Crippen molar-refractivity contribution in [2.24, 2.45) is 0 Å². The van der Waals surface area contributed by atoms with Gasteiger partial charge in [-0.1, -0.05) is 34.1 Å². The molecule has 2 aromatic rings. The molecule has 1 amide bonds. The first-order chi connectivity index (χ1) is 9.90. The van der Waals surface area contributed by atoms with Crippen LogP contribution in [0.3, 0.4) is 0 Å². The molecule has 1 aromatic heterocycles. The maximum Gasteiger partial charge on any atom is 0.256 e. The van der Waals surface area contributed by atoms with E-state index in [1.165, 1.54) is 28.9 Å². The van der Waals surface area contributed by atoms with Gasteiger partial charge in [0.15, 0.2) is 0 Å². The molecule has 1 N–H and O–H groups in total. The topological polar surface area (TPSA) is 46.9 Å². The summed E-state index contributed by atoms with van der Waals surface area (Å²) in [6.07, 6.45) is 0. The van der Waals surface area contributed by atoms with Crippen molar-refractivity contribution in [2.45, 2.75) is 6.92 Å². The summed E-state index contributed by atoms with van der Waals surface area (Å²) >= 11 is 9.39. The van der Waals surface area contributed by atoms with Gasteiger partial charge >= 0.3 is 0 Å². The second-order valence-corrected chi connectivity index (χ2v) is 5.82. The molecule has 0 saturated carbocycles. The lowest BCUT2D eigenvalue weighted by molar-refractivity contribution is 0.0957. The average Bonchev–Trinajstić information content (AvgIpc) is 2.72. The second-order valence-electron chi connectivity index (χ2n) is 4.34. The Morgan fingerprint density at radius 3 is 2.67 bits per heavy atom. The normalized spacial score (nSPS) is 10.5. The molecule has 2 rings (SSSR count). The Morgan fingerprint density at radius 1 is 1.48 bits per heavy atom. The lowest BCUT2D eigenvalue weighted by Gasteiger charge is -2.05. The fourth-order valence-electron chi connectivity index (χ4n) is 1.78. The molecule has 4 nitrogen and oxygen atoms in total. The molecule has 0 aliphatic heterocycles. The molecule has 110 valence electrons. The lowest BCUT2D eigenvalue weighted by Crippen LogP contribution is -2.25. The third kappa shape index (κ3) is 3.51. The molecule has 0 fully saturated rings. The second kappa shape index (κ2) is 6.41. The van der Waals surface area contributed by atoms with Gasteiger partial charge in [-0.15, -0.1) is 0 Å². The van der Waals surface area contributed by atoms with Gasteiger partial charge in [0, 0.05) is 11.0 Å². The monoisotopic (exact) mass is 371 g/mol. The standard InChI is InChI=1S/C14H12BrClFN3O/c1-8(15)7-18-14(21)12-9(2)19-20(13(12)16)11-5-3-10(17)4-6-11/h3-6H,1,7H2,2H3,(H,18,21). The maximum absolute atomic E-state index is 13.0. The first kappa shape index (κ1) is 15.7. The Morgan fingerprint density at radius 2 is 2.10 bits per heavy atom. The van der Waals surface area contributed by atoms with Gasteiger partial charge in [-0.2, -0.15) is 5.10 Å². The van der Waals surface area contributed by atoms with Crippen molar-refractivity contribution in [1.82, 2.24) is 15.1 Å². The molecule has 7 heteroatoms. The summed E-state index contributed by atoms with van der Waals surface area (Å²) in [5.74, 6) is -0.695. The van der Waals surface area contributed by atoms with Crippen molar-refractivity contribution < 1.29 is 9.18 Å². The molecule has 0 atom stereocenters. The third-order valence-electron chi connectivity index (χ3n) is 2.74. The molecule has 0 aliphatic carbocycles. The molecule has 1 aromatic carbocycles. The van der Waals surface area contributed by atoms with Crippen molar-refractivity contribution in [2.75, 3.05) is 6.54 Å². The summed E-state index contributed by atoms with van der Waals surface area (Å²) in [5.41, 5.74) is 1.35. The summed E-state index contributed by atoms with van der Waals surface area (Å²) in [4.78, 5) is 12.1. The highest BCUT2D eigenvalue weighted by Gasteiger charge is 2.20. The van der Waals surface area contributed by atoms with E-state index in [-0.39, 0.29) is 29.0 Å². The number of amides is 1. The Hall–Kier alpha value is -1.66. The highest BCUT2D eigenvalue weighted by atomic mass is 79.9. The number of nitrogens with one attached hydrogen (secondary N) is 1. The van der Waals surface area contributed by atoms with Crippen LogP contribution in [0.5, 0.6) is 0 Å². The molecule has 0 spiro atoms. The van der Waals surface area contributed by atoms with Gasteiger partial charge in [0.05, 0.1) is 16.9 Å². The highest BCUT2D eigenvalue weighted by molar-refractivity contribution is 9.11. The van der Waals surface area contributed by atoms with E-state index in [9.17, 15) is 9.18 Å². The molecular formula is C14H12BrClFN3O. The Balaban J connectivity index is 2.35. The molecule has 0 bridgehead atoms.